The summed E-state index contributed by atoms with van der Waals surface area (Å²) < 4.78 is 0. The largest absolute Gasteiger partial charge is 0.394 e. The lowest BCUT2D eigenvalue weighted by Crippen LogP contribution is -2.36. The van der Waals surface area contributed by atoms with Crippen LogP contribution >= 0.6 is 0 Å². The molecule has 1 aromatic heterocycles. The molecule has 15 heavy (non-hydrogen) atoms. The molecule has 0 saturated carbocycles. The Morgan fingerprint density at radius 3 is 2.93 bits per heavy atom. The Labute approximate surface area is 88.6 Å². The third kappa shape index (κ3) is 1.84. The van der Waals surface area contributed by atoms with E-state index in [1.165, 1.54) is 0 Å². The molecule has 0 radical (unpaired) electrons. The average Bonchev–Trinajstić information content (AvgIpc) is 2.28. The fourth-order valence-corrected chi connectivity index (χ4v) is 1.52. The highest BCUT2D eigenvalue weighted by Crippen LogP contribution is 2.21. The molecule has 1 aromatic carbocycles. The first-order valence-electron chi connectivity index (χ1n) is 4.88. The van der Waals surface area contributed by atoms with Gasteiger partial charge in [-0.1, -0.05) is 12.1 Å². The number of aliphatic hydroxyl groups is 1. The lowest BCUT2D eigenvalue weighted by atomic mass is 9.93. The molecule has 1 unspecified atom stereocenters. The van der Waals surface area contributed by atoms with Crippen LogP contribution < -0.4 is 5.73 Å². The minimum atomic E-state index is -0.690. The molecule has 0 bridgehead atoms. The third-order valence-electron chi connectivity index (χ3n) is 2.59. The van der Waals surface area contributed by atoms with Crippen LogP contribution in [0.2, 0.25) is 0 Å². The Balaban J connectivity index is 2.56. The second-order valence-corrected chi connectivity index (χ2v) is 3.99. The van der Waals surface area contributed by atoms with E-state index in [1.54, 1.807) is 6.20 Å². The van der Waals surface area contributed by atoms with Gasteiger partial charge < -0.3 is 10.8 Å². The number of nitrogens with zero attached hydrogens (tertiary/aromatic N) is 1. The third-order valence-corrected chi connectivity index (χ3v) is 2.59. The molecule has 3 nitrogen and oxygen atoms in total. The predicted octanol–water partition coefficient (Wildman–Crippen LogP) is 1.40. The van der Waals surface area contributed by atoms with Crippen LogP contribution in [-0.4, -0.2) is 16.7 Å². The van der Waals surface area contributed by atoms with Gasteiger partial charge in [-0.15, -0.1) is 0 Å². The van der Waals surface area contributed by atoms with E-state index in [9.17, 15) is 5.11 Å². The van der Waals surface area contributed by atoms with Crippen LogP contribution in [0.15, 0.2) is 36.5 Å². The lowest BCUT2D eigenvalue weighted by molar-refractivity contribution is 0.210. The van der Waals surface area contributed by atoms with Gasteiger partial charge in [0.15, 0.2) is 0 Å². The van der Waals surface area contributed by atoms with Crippen molar-refractivity contribution in [2.75, 3.05) is 6.61 Å². The predicted molar refractivity (Wildman–Crippen MR) is 60.4 cm³/mol. The van der Waals surface area contributed by atoms with Gasteiger partial charge in [0.05, 0.1) is 17.7 Å². The Kier molecular flexibility index (Phi) is 2.42. The van der Waals surface area contributed by atoms with Crippen molar-refractivity contribution in [3.63, 3.8) is 0 Å². The van der Waals surface area contributed by atoms with Gasteiger partial charge in [-0.25, -0.2) is 0 Å². The van der Waals surface area contributed by atoms with Gasteiger partial charge in [0.2, 0.25) is 0 Å². The molecule has 1 atom stereocenters. The highest BCUT2D eigenvalue weighted by atomic mass is 16.3. The highest BCUT2D eigenvalue weighted by molar-refractivity contribution is 5.79. The summed E-state index contributed by atoms with van der Waals surface area (Å²) >= 11 is 0. The van der Waals surface area contributed by atoms with Crippen LogP contribution in [0.1, 0.15) is 12.5 Å². The summed E-state index contributed by atoms with van der Waals surface area (Å²) in [7, 11) is 0. The van der Waals surface area contributed by atoms with Crippen molar-refractivity contribution in [3.8, 4) is 0 Å². The van der Waals surface area contributed by atoms with E-state index in [0.717, 1.165) is 16.5 Å². The molecule has 0 fully saturated rings. The Morgan fingerprint density at radius 1 is 1.40 bits per heavy atom. The highest BCUT2D eigenvalue weighted by Gasteiger charge is 2.19. The van der Waals surface area contributed by atoms with Gasteiger partial charge in [-0.3, -0.25) is 4.98 Å². The Morgan fingerprint density at radius 2 is 2.20 bits per heavy atom. The molecular formula is C12H14N2O. The molecule has 0 amide bonds. The quantitative estimate of drug-likeness (QED) is 0.774. The summed E-state index contributed by atoms with van der Waals surface area (Å²) in [6.45, 7) is 1.74. The van der Waals surface area contributed by atoms with Crippen molar-refractivity contribution in [1.29, 1.82) is 0 Å². The summed E-state index contributed by atoms with van der Waals surface area (Å²) in [5.74, 6) is 0. The van der Waals surface area contributed by atoms with Crippen LogP contribution in [0.3, 0.4) is 0 Å². The maximum absolute atomic E-state index is 9.18. The van der Waals surface area contributed by atoms with Crippen LogP contribution in [0.4, 0.5) is 0 Å². The Hall–Kier alpha value is -1.45. The fraction of sp³-hybridized carbons (Fsp3) is 0.250. The zero-order valence-electron chi connectivity index (χ0n) is 8.64. The monoisotopic (exact) mass is 202 g/mol. The standard InChI is InChI=1S/C12H14N2O/c1-12(13,8-15)10-4-5-11-9(7-10)3-2-6-14-11/h2-7,15H,8,13H2,1H3. The molecule has 0 aliphatic rings. The van der Waals surface area contributed by atoms with E-state index in [2.05, 4.69) is 4.98 Å². The van der Waals surface area contributed by atoms with Crippen LogP contribution in [0.25, 0.3) is 10.9 Å². The Bertz CT molecular complexity index is 480. The van der Waals surface area contributed by atoms with Crippen LogP contribution in [0.5, 0.6) is 0 Å². The van der Waals surface area contributed by atoms with E-state index in [-0.39, 0.29) is 6.61 Å². The van der Waals surface area contributed by atoms with Crippen molar-refractivity contribution >= 4 is 10.9 Å². The first-order chi connectivity index (χ1) is 7.13. The molecule has 3 heteroatoms. The molecule has 2 aromatic rings. The number of aromatic nitrogens is 1. The van der Waals surface area contributed by atoms with E-state index < -0.39 is 5.54 Å². The van der Waals surface area contributed by atoms with Gasteiger partial charge in [-0.05, 0) is 30.7 Å². The first-order valence-corrected chi connectivity index (χ1v) is 4.88. The summed E-state index contributed by atoms with van der Waals surface area (Å²) in [5.41, 5.74) is 7.13. The van der Waals surface area contributed by atoms with E-state index in [0.29, 0.717) is 0 Å². The number of aliphatic hydroxyl groups excluding tert-OH is 1. The summed E-state index contributed by atoms with van der Waals surface area (Å²) in [6, 6.07) is 9.67. The zero-order chi connectivity index (χ0) is 10.9. The van der Waals surface area contributed by atoms with Crippen LogP contribution in [-0.2, 0) is 5.54 Å². The molecular weight excluding hydrogens is 188 g/mol. The minimum absolute atomic E-state index is 0.0707. The summed E-state index contributed by atoms with van der Waals surface area (Å²) in [4.78, 5) is 4.23. The number of pyridine rings is 1. The average molecular weight is 202 g/mol. The fourth-order valence-electron chi connectivity index (χ4n) is 1.52. The van der Waals surface area contributed by atoms with Crippen molar-refractivity contribution in [2.24, 2.45) is 5.73 Å². The number of rotatable bonds is 2. The number of nitrogens with two attached hydrogens (primary N) is 1. The number of hydrogen-bond acceptors (Lipinski definition) is 3. The molecule has 0 aliphatic carbocycles. The number of hydrogen-bond donors (Lipinski definition) is 2. The molecule has 3 N–H and O–H groups in total. The SMILES string of the molecule is CC(N)(CO)c1ccc2ncccc2c1. The van der Waals surface area contributed by atoms with Gasteiger partial charge in [0, 0.05) is 11.6 Å². The van der Waals surface area contributed by atoms with Crippen molar-refractivity contribution in [1.82, 2.24) is 4.98 Å². The topological polar surface area (TPSA) is 59.1 Å². The molecule has 78 valence electrons. The van der Waals surface area contributed by atoms with Crippen molar-refractivity contribution in [2.45, 2.75) is 12.5 Å². The maximum Gasteiger partial charge on any atom is 0.0702 e. The smallest absolute Gasteiger partial charge is 0.0702 e. The second kappa shape index (κ2) is 3.61. The molecule has 2 rings (SSSR count). The lowest BCUT2D eigenvalue weighted by Gasteiger charge is -2.22. The van der Waals surface area contributed by atoms with Gasteiger partial charge in [0.1, 0.15) is 0 Å². The van der Waals surface area contributed by atoms with Gasteiger partial charge >= 0.3 is 0 Å². The molecule has 0 saturated heterocycles. The maximum atomic E-state index is 9.18. The molecule has 0 spiro atoms. The zero-order valence-corrected chi connectivity index (χ0v) is 8.64. The normalized spacial score (nSPS) is 15.1. The summed E-state index contributed by atoms with van der Waals surface area (Å²) in [5, 5.41) is 10.2. The molecule has 1 heterocycles. The minimum Gasteiger partial charge on any atom is -0.394 e. The van der Waals surface area contributed by atoms with Gasteiger partial charge in [-0.2, -0.15) is 0 Å². The second-order valence-electron chi connectivity index (χ2n) is 3.99. The molecule has 0 aliphatic heterocycles. The van der Waals surface area contributed by atoms with Crippen molar-refractivity contribution < 1.29 is 5.11 Å². The van der Waals surface area contributed by atoms with Crippen LogP contribution in [0, 0.1) is 0 Å². The number of benzene rings is 1. The van der Waals surface area contributed by atoms with E-state index in [4.69, 9.17) is 5.73 Å². The number of fused-ring (bicyclic) bond motifs is 1. The van der Waals surface area contributed by atoms with E-state index >= 15 is 0 Å². The van der Waals surface area contributed by atoms with E-state index in [1.807, 2.05) is 37.3 Å². The van der Waals surface area contributed by atoms with Crippen molar-refractivity contribution in [3.05, 3.63) is 42.1 Å². The first kappa shape index (κ1) is 10.1. The van der Waals surface area contributed by atoms with Gasteiger partial charge in [0.25, 0.3) is 0 Å². The summed E-state index contributed by atoms with van der Waals surface area (Å²) in [6.07, 6.45) is 1.76.